The molecule has 0 bridgehead atoms. The van der Waals surface area contributed by atoms with E-state index < -0.39 is 5.92 Å². The molecule has 5 heteroatoms. The van der Waals surface area contributed by atoms with Crippen molar-refractivity contribution < 1.29 is 13.6 Å². The summed E-state index contributed by atoms with van der Waals surface area (Å²) in [6.07, 6.45) is 1.25. The highest BCUT2D eigenvalue weighted by molar-refractivity contribution is 6.18. The molecule has 2 rings (SSSR count). The molecule has 1 heterocycles. The monoisotopic (exact) mass is 279 g/mol. The number of likely N-dealkylation sites (tertiary alicyclic amines) is 1. The van der Waals surface area contributed by atoms with Crippen LogP contribution >= 0.6 is 11.6 Å². The minimum absolute atomic E-state index is 0.0683. The summed E-state index contributed by atoms with van der Waals surface area (Å²) in [7, 11) is 0. The van der Waals surface area contributed by atoms with Crippen LogP contribution in [-0.4, -0.2) is 35.2 Å². The Kier molecular flexibility index (Phi) is 4.15. The molecule has 18 heavy (non-hydrogen) atoms. The average Bonchev–Trinajstić information content (AvgIpc) is 2.28. The second-order valence-electron chi connectivity index (χ2n) is 5.51. The SMILES string of the molecule is CCC1C(CCl)CN1C(=O)C1CCC(F)(F)CC1. The van der Waals surface area contributed by atoms with Gasteiger partial charge in [-0.25, -0.2) is 8.78 Å². The Balaban J connectivity index is 1.89. The molecule has 0 N–H and O–H groups in total. The van der Waals surface area contributed by atoms with Gasteiger partial charge in [0.15, 0.2) is 0 Å². The second kappa shape index (κ2) is 5.32. The van der Waals surface area contributed by atoms with Gasteiger partial charge < -0.3 is 4.90 Å². The highest BCUT2D eigenvalue weighted by Crippen LogP contribution is 2.39. The predicted molar refractivity (Wildman–Crippen MR) is 66.9 cm³/mol. The largest absolute Gasteiger partial charge is 0.339 e. The quantitative estimate of drug-likeness (QED) is 0.726. The third-order valence-corrected chi connectivity index (χ3v) is 4.74. The molecule has 1 saturated carbocycles. The van der Waals surface area contributed by atoms with Crippen molar-refractivity contribution in [2.45, 2.75) is 51.0 Å². The normalized spacial score (nSPS) is 32.1. The van der Waals surface area contributed by atoms with Crippen LogP contribution in [0.4, 0.5) is 8.78 Å². The van der Waals surface area contributed by atoms with E-state index in [1.807, 2.05) is 11.8 Å². The van der Waals surface area contributed by atoms with E-state index in [9.17, 15) is 13.6 Å². The lowest BCUT2D eigenvalue weighted by atomic mass is 9.82. The van der Waals surface area contributed by atoms with Crippen LogP contribution in [0.5, 0.6) is 0 Å². The van der Waals surface area contributed by atoms with E-state index in [0.29, 0.717) is 31.2 Å². The van der Waals surface area contributed by atoms with E-state index >= 15 is 0 Å². The molecule has 0 aromatic heterocycles. The van der Waals surface area contributed by atoms with E-state index in [-0.39, 0.29) is 30.7 Å². The van der Waals surface area contributed by atoms with E-state index in [1.165, 1.54) is 0 Å². The van der Waals surface area contributed by atoms with Gasteiger partial charge in [0, 0.05) is 43.1 Å². The van der Waals surface area contributed by atoms with Crippen LogP contribution in [0.3, 0.4) is 0 Å². The molecule has 2 nitrogen and oxygen atoms in total. The Bertz CT molecular complexity index is 314. The summed E-state index contributed by atoms with van der Waals surface area (Å²) < 4.78 is 26.1. The number of hydrogen-bond acceptors (Lipinski definition) is 1. The van der Waals surface area contributed by atoms with Crippen molar-refractivity contribution in [3.8, 4) is 0 Å². The Morgan fingerprint density at radius 3 is 2.50 bits per heavy atom. The van der Waals surface area contributed by atoms with Gasteiger partial charge in [0.2, 0.25) is 11.8 Å². The molecule has 1 aliphatic carbocycles. The highest BCUT2D eigenvalue weighted by atomic mass is 35.5. The second-order valence-corrected chi connectivity index (χ2v) is 5.82. The standard InChI is InChI=1S/C13H20ClF2NO/c1-2-11-10(7-14)8-17(11)12(18)9-3-5-13(15,16)6-4-9/h9-11H,2-8H2,1H3. The summed E-state index contributed by atoms with van der Waals surface area (Å²) in [5.41, 5.74) is 0. The fraction of sp³-hybridized carbons (Fsp3) is 0.923. The van der Waals surface area contributed by atoms with Crippen molar-refractivity contribution in [2.24, 2.45) is 11.8 Å². The van der Waals surface area contributed by atoms with E-state index in [1.54, 1.807) is 0 Å². The first-order valence-corrected chi connectivity index (χ1v) is 7.26. The highest BCUT2D eigenvalue weighted by Gasteiger charge is 2.44. The lowest BCUT2D eigenvalue weighted by molar-refractivity contribution is -0.151. The number of amides is 1. The molecule has 2 unspecified atom stereocenters. The molecule has 0 radical (unpaired) electrons. The number of carbonyl (C=O) groups excluding carboxylic acids is 1. The Hall–Kier alpha value is -0.380. The Labute approximate surface area is 112 Å². The van der Waals surface area contributed by atoms with Crippen molar-refractivity contribution >= 4 is 17.5 Å². The molecule has 0 aromatic carbocycles. The molecule has 1 saturated heterocycles. The van der Waals surface area contributed by atoms with E-state index in [2.05, 4.69) is 0 Å². The molecule has 2 atom stereocenters. The Morgan fingerprint density at radius 1 is 1.39 bits per heavy atom. The Morgan fingerprint density at radius 2 is 2.00 bits per heavy atom. The first-order valence-electron chi connectivity index (χ1n) is 6.72. The number of hydrogen-bond donors (Lipinski definition) is 0. The summed E-state index contributed by atoms with van der Waals surface area (Å²) in [5.74, 6) is -1.74. The smallest absolute Gasteiger partial charge is 0.248 e. The third kappa shape index (κ3) is 2.63. The van der Waals surface area contributed by atoms with Gasteiger partial charge in [-0.15, -0.1) is 11.6 Å². The van der Waals surface area contributed by atoms with Crippen LogP contribution in [0.2, 0.25) is 0 Å². The van der Waals surface area contributed by atoms with Gasteiger partial charge in [0.25, 0.3) is 0 Å². The number of nitrogens with zero attached hydrogens (tertiary/aromatic N) is 1. The van der Waals surface area contributed by atoms with Crippen LogP contribution < -0.4 is 0 Å². The van der Waals surface area contributed by atoms with Crippen LogP contribution in [0.15, 0.2) is 0 Å². The van der Waals surface area contributed by atoms with Gasteiger partial charge >= 0.3 is 0 Å². The van der Waals surface area contributed by atoms with Crippen LogP contribution in [-0.2, 0) is 4.79 Å². The first kappa shape index (κ1) is 14.0. The lowest BCUT2D eigenvalue weighted by Gasteiger charge is -2.49. The van der Waals surface area contributed by atoms with Crippen molar-refractivity contribution in [3.05, 3.63) is 0 Å². The zero-order valence-corrected chi connectivity index (χ0v) is 11.4. The zero-order valence-electron chi connectivity index (χ0n) is 10.7. The van der Waals surface area contributed by atoms with Gasteiger partial charge in [-0.05, 0) is 19.3 Å². The van der Waals surface area contributed by atoms with E-state index in [0.717, 1.165) is 6.42 Å². The maximum absolute atomic E-state index is 13.1. The van der Waals surface area contributed by atoms with Crippen LogP contribution in [0.1, 0.15) is 39.0 Å². The fourth-order valence-corrected chi connectivity index (χ4v) is 3.41. The number of carbonyl (C=O) groups is 1. The van der Waals surface area contributed by atoms with Crippen molar-refractivity contribution in [2.75, 3.05) is 12.4 Å². The van der Waals surface area contributed by atoms with Gasteiger partial charge in [-0.2, -0.15) is 0 Å². The summed E-state index contributed by atoms with van der Waals surface area (Å²) in [4.78, 5) is 14.1. The molecule has 104 valence electrons. The van der Waals surface area contributed by atoms with E-state index in [4.69, 9.17) is 11.6 Å². The molecule has 2 aliphatic rings. The van der Waals surface area contributed by atoms with Crippen molar-refractivity contribution in [3.63, 3.8) is 0 Å². The van der Waals surface area contributed by atoms with Gasteiger partial charge in [0.1, 0.15) is 0 Å². The maximum Gasteiger partial charge on any atom is 0.248 e. The first-order chi connectivity index (χ1) is 8.48. The summed E-state index contributed by atoms with van der Waals surface area (Å²) in [5, 5.41) is 0. The summed E-state index contributed by atoms with van der Waals surface area (Å²) in [6, 6.07) is 0.220. The summed E-state index contributed by atoms with van der Waals surface area (Å²) >= 11 is 5.83. The fourth-order valence-electron chi connectivity index (χ4n) is 3.11. The van der Waals surface area contributed by atoms with Gasteiger partial charge in [-0.1, -0.05) is 6.92 Å². The van der Waals surface area contributed by atoms with Gasteiger partial charge in [0.05, 0.1) is 0 Å². The van der Waals surface area contributed by atoms with Crippen LogP contribution in [0.25, 0.3) is 0 Å². The van der Waals surface area contributed by atoms with Crippen LogP contribution in [0, 0.1) is 11.8 Å². The molecule has 1 aliphatic heterocycles. The molecular formula is C13H20ClF2NO. The van der Waals surface area contributed by atoms with Gasteiger partial charge in [-0.3, -0.25) is 4.79 Å². The predicted octanol–water partition coefficient (Wildman–Crippen LogP) is 3.29. The van der Waals surface area contributed by atoms with Crippen molar-refractivity contribution in [1.29, 1.82) is 0 Å². The zero-order chi connectivity index (χ0) is 13.3. The lowest BCUT2D eigenvalue weighted by Crippen LogP contribution is -2.60. The topological polar surface area (TPSA) is 20.3 Å². The molecule has 2 fully saturated rings. The maximum atomic E-state index is 13.1. The molecule has 0 aromatic rings. The molecule has 0 spiro atoms. The summed E-state index contributed by atoms with van der Waals surface area (Å²) in [6.45, 7) is 2.74. The molecule has 1 amide bonds. The number of rotatable bonds is 3. The minimum Gasteiger partial charge on any atom is -0.339 e. The van der Waals surface area contributed by atoms with Crippen molar-refractivity contribution in [1.82, 2.24) is 4.90 Å². The third-order valence-electron chi connectivity index (χ3n) is 4.34. The number of alkyl halides is 3. The molecular weight excluding hydrogens is 260 g/mol. The average molecular weight is 280 g/mol. The minimum atomic E-state index is -2.56. The number of halogens is 3.